The van der Waals surface area contributed by atoms with Crippen molar-refractivity contribution >= 4 is 11.6 Å². The predicted octanol–water partition coefficient (Wildman–Crippen LogP) is 2.45. The summed E-state index contributed by atoms with van der Waals surface area (Å²) in [4.78, 5) is 16.2. The number of phenolic OH excluding ortho intramolecular Hbond substituents is 1. The normalized spacial score (nSPS) is 10.0. The molecule has 0 saturated carbocycles. The lowest BCUT2D eigenvalue weighted by molar-refractivity contribution is 0.102. The van der Waals surface area contributed by atoms with Crippen LogP contribution in [0.2, 0.25) is 0 Å². The second-order valence-corrected chi connectivity index (χ2v) is 4.16. The minimum absolute atomic E-state index is 0.118. The summed E-state index contributed by atoms with van der Waals surface area (Å²) in [5, 5.41) is 12.4. The number of amides is 1. The molecule has 0 unspecified atom stereocenters. The second-order valence-electron chi connectivity index (χ2n) is 4.16. The maximum atomic E-state index is 12.1. The molecule has 0 aliphatic rings. The number of hydrogen-bond donors (Lipinski definition) is 2. The average Bonchev–Trinajstić information content (AvgIpc) is 2.50. The molecular formula is C15H16N2O4. The summed E-state index contributed by atoms with van der Waals surface area (Å²) in [5.41, 5.74) is 0.633. The van der Waals surface area contributed by atoms with Gasteiger partial charge in [-0.1, -0.05) is 0 Å². The number of carbonyl (C=O) groups is 1. The first kappa shape index (κ1) is 14.6. The molecule has 0 radical (unpaired) electrons. The fraction of sp³-hybridized carbons (Fsp3) is 0.200. The summed E-state index contributed by atoms with van der Waals surface area (Å²) in [6.07, 6.45) is 1.49. The largest absolute Gasteiger partial charge is 0.507 e. The lowest BCUT2D eigenvalue weighted by Gasteiger charge is -2.09. The van der Waals surface area contributed by atoms with Gasteiger partial charge in [-0.2, -0.15) is 0 Å². The van der Waals surface area contributed by atoms with Gasteiger partial charge in [0, 0.05) is 6.07 Å². The summed E-state index contributed by atoms with van der Waals surface area (Å²) in [6.45, 7) is 2.39. The first-order valence-electron chi connectivity index (χ1n) is 6.41. The monoisotopic (exact) mass is 288 g/mol. The summed E-state index contributed by atoms with van der Waals surface area (Å²) >= 11 is 0. The standard InChI is InChI=1S/C15H16N2O4/c1-3-21-14-7-4-10(9-16-14)17-15(19)12-8-11(20-2)5-6-13(12)18/h4-9,18H,3H2,1-2H3,(H,17,19). The van der Waals surface area contributed by atoms with Gasteiger partial charge < -0.3 is 19.9 Å². The van der Waals surface area contributed by atoms with Gasteiger partial charge in [-0.3, -0.25) is 4.79 Å². The zero-order valence-corrected chi connectivity index (χ0v) is 11.8. The van der Waals surface area contributed by atoms with E-state index in [0.717, 1.165) is 0 Å². The fourth-order valence-electron chi connectivity index (χ4n) is 1.71. The molecule has 1 aromatic heterocycles. The first-order valence-corrected chi connectivity index (χ1v) is 6.41. The van der Waals surface area contributed by atoms with Gasteiger partial charge in [-0.05, 0) is 31.2 Å². The molecule has 1 aromatic carbocycles. The van der Waals surface area contributed by atoms with Crippen LogP contribution in [0.5, 0.6) is 17.4 Å². The number of phenols is 1. The van der Waals surface area contributed by atoms with Crippen LogP contribution >= 0.6 is 0 Å². The maximum absolute atomic E-state index is 12.1. The zero-order chi connectivity index (χ0) is 15.2. The molecule has 0 spiro atoms. The average molecular weight is 288 g/mol. The number of rotatable bonds is 5. The van der Waals surface area contributed by atoms with Gasteiger partial charge in [0.15, 0.2) is 0 Å². The molecule has 21 heavy (non-hydrogen) atoms. The quantitative estimate of drug-likeness (QED) is 0.883. The van der Waals surface area contributed by atoms with Crippen molar-refractivity contribution in [2.75, 3.05) is 19.0 Å². The highest BCUT2D eigenvalue weighted by atomic mass is 16.5. The van der Waals surface area contributed by atoms with Crippen LogP contribution in [0.15, 0.2) is 36.5 Å². The van der Waals surface area contributed by atoms with E-state index in [9.17, 15) is 9.90 Å². The number of nitrogens with zero attached hydrogens (tertiary/aromatic N) is 1. The molecule has 0 atom stereocenters. The van der Waals surface area contributed by atoms with Crippen LogP contribution in [-0.2, 0) is 0 Å². The third-order valence-electron chi connectivity index (χ3n) is 2.73. The highest BCUT2D eigenvalue weighted by molar-refractivity contribution is 6.06. The van der Waals surface area contributed by atoms with E-state index in [1.54, 1.807) is 18.2 Å². The number of anilines is 1. The smallest absolute Gasteiger partial charge is 0.259 e. The lowest BCUT2D eigenvalue weighted by atomic mass is 10.1. The van der Waals surface area contributed by atoms with Gasteiger partial charge in [0.25, 0.3) is 5.91 Å². The fourth-order valence-corrected chi connectivity index (χ4v) is 1.71. The van der Waals surface area contributed by atoms with Gasteiger partial charge >= 0.3 is 0 Å². The number of aromatic hydroxyl groups is 1. The molecule has 0 saturated heterocycles. The van der Waals surface area contributed by atoms with Gasteiger partial charge in [0.05, 0.1) is 31.2 Å². The van der Waals surface area contributed by atoms with E-state index in [2.05, 4.69) is 10.3 Å². The van der Waals surface area contributed by atoms with Crippen LogP contribution in [0.3, 0.4) is 0 Å². The molecule has 1 amide bonds. The Kier molecular flexibility index (Phi) is 4.61. The molecule has 1 heterocycles. The van der Waals surface area contributed by atoms with E-state index in [4.69, 9.17) is 9.47 Å². The Hall–Kier alpha value is -2.76. The highest BCUT2D eigenvalue weighted by Crippen LogP contribution is 2.24. The third kappa shape index (κ3) is 3.62. The van der Waals surface area contributed by atoms with E-state index in [0.29, 0.717) is 23.9 Å². The molecule has 6 nitrogen and oxygen atoms in total. The van der Waals surface area contributed by atoms with Crippen LogP contribution < -0.4 is 14.8 Å². The minimum atomic E-state index is -0.447. The van der Waals surface area contributed by atoms with Crippen molar-refractivity contribution in [2.24, 2.45) is 0 Å². The van der Waals surface area contributed by atoms with Gasteiger partial charge in [-0.25, -0.2) is 4.98 Å². The molecule has 0 bridgehead atoms. The van der Waals surface area contributed by atoms with Crippen molar-refractivity contribution in [1.29, 1.82) is 0 Å². The van der Waals surface area contributed by atoms with E-state index < -0.39 is 5.91 Å². The molecule has 2 N–H and O–H groups in total. The number of aromatic nitrogens is 1. The molecule has 6 heteroatoms. The van der Waals surface area contributed by atoms with Crippen molar-refractivity contribution in [3.63, 3.8) is 0 Å². The molecule has 0 fully saturated rings. The van der Waals surface area contributed by atoms with Crippen LogP contribution in [-0.4, -0.2) is 29.7 Å². The van der Waals surface area contributed by atoms with Crippen LogP contribution in [0, 0.1) is 0 Å². The Bertz CT molecular complexity index is 626. The Labute approximate surface area is 122 Å². The van der Waals surface area contributed by atoms with Crippen molar-refractivity contribution in [3.8, 4) is 17.4 Å². The van der Waals surface area contributed by atoms with Gasteiger partial charge in [0.2, 0.25) is 5.88 Å². The Morgan fingerprint density at radius 1 is 1.33 bits per heavy atom. The molecule has 2 rings (SSSR count). The van der Waals surface area contributed by atoms with Crippen molar-refractivity contribution < 1.29 is 19.4 Å². The van der Waals surface area contributed by atoms with Gasteiger partial charge in [0.1, 0.15) is 11.5 Å². The van der Waals surface area contributed by atoms with Crippen molar-refractivity contribution in [1.82, 2.24) is 4.98 Å². The molecular weight excluding hydrogens is 272 g/mol. The van der Waals surface area contributed by atoms with E-state index in [-0.39, 0.29) is 11.3 Å². The summed E-state index contributed by atoms with van der Waals surface area (Å²) in [6, 6.07) is 7.78. The van der Waals surface area contributed by atoms with E-state index in [1.807, 2.05) is 6.92 Å². The third-order valence-corrected chi connectivity index (χ3v) is 2.73. The topological polar surface area (TPSA) is 80.7 Å². The van der Waals surface area contributed by atoms with E-state index >= 15 is 0 Å². The maximum Gasteiger partial charge on any atom is 0.259 e. The van der Waals surface area contributed by atoms with Gasteiger partial charge in [-0.15, -0.1) is 0 Å². The SMILES string of the molecule is CCOc1ccc(NC(=O)c2cc(OC)ccc2O)cn1. The number of methoxy groups -OCH3 is 1. The number of hydrogen-bond acceptors (Lipinski definition) is 5. The Morgan fingerprint density at radius 3 is 2.76 bits per heavy atom. The Balaban J connectivity index is 2.14. The van der Waals surface area contributed by atoms with E-state index in [1.165, 1.54) is 25.4 Å². The number of ether oxygens (including phenoxy) is 2. The minimum Gasteiger partial charge on any atom is -0.507 e. The molecule has 0 aliphatic carbocycles. The van der Waals surface area contributed by atoms with Crippen LogP contribution in [0.1, 0.15) is 17.3 Å². The lowest BCUT2D eigenvalue weighted by Crippen LogP contribution is -2.12. The molecule has 110 valence electrons. The predicted molar refractivity (Wildman–Crippen MR) is 78.0 cm³/mol. The molecule has 0 aliphatic heterocycles. The van der Waals surface area contributed by atoms with Crippen molar-refractivity contribution in [3.05, 3.63) is 42.1 Å². The summed E-state index contributed by atoms with van der Waals surface area (Å²) < 4.78 is 10.3. The summed E-state index contributed by atoms with van der Waals surface area (Å²) in [5.74, 6) is 0.409. The number of pyridine rings is 1. The zero-order valence-electron chi connectivity index (χ0n) is 11.8. The first-order chi connectivity index (χ1) is 10.1. The number of carbonyl (C=O) groups excluding carboxylic acids is 1. The molecule has 2 aromatic rings. The van der Waals surface area contributed by atoms with Crippen molar-refractivity contribution in [2.45, 2.75) is 6.92 Å². The summed E-state index contributed by atoms with van der Waals surface area (Å²) in [7, 11) is 1.49. The second kappa shape index (κ2) is 6.60. The Morgan fingerprint density at radius 2 is 2.14 bits per heavy atom. The number of nitrogens with one attached hydrogen (secondary N) is 1. The number of benzene rings is 1. The highest BCUT2D eigenvalue weighted by Gasteiger charge is 2.13. The van der Waals surface area contributed by atoms with Crippen LogP contribution in [0.4, 0.5) is 5.69 Å². The van der Waals surface area contributed by atoms with Crippen LogP contribution in [0.25, 0.3) is 0 Å².